The Morgan fingerprint density at radius 3 is 2.35 bits per heavy atom. The average molecular weight is 239 g/mol. The molecular formula is C12H21N3O2. The van der Waals surface area contributed by atoms with Crippen LogP contribution in [-0.4, -0.2) is 47.4 Å². The van der Waals surface area contributed by atoms with E-state index in [0.29, 0.717) is 18.9 Å². The summed E-state index contributed by atoms with van der Waals surface area (Å²) in [5.74, 6) is 0.325. The fourth-order valence-electron chi connectivity index (χ4n) is 2.67. The molecule has 2 aliphatic heterocycles. The number of carbonyl (C=O) groups excluding carboxylic acids is 2. The Kier molecular flexibility index (Phi) is 3.54. The molecule has 3 amide bonds. The van der Waals surface area contributed by atoms with E-state index < -0.39 is 0 Å². The highest BCUT2D eigenvalue weighted by Gasteiger charge is 2.35. The van der Waals surface area contributed by atoms with Crippen LogP contribution in [0.25, 0.3) is 0 Å². The first kappa shape index (κ1) is 12.2. The summed E-state index contributed by atoms with van der Waals surface area (Å²) in [6.45, 7) is 4.49. The van der Waals surface area contributed by atoms with Crippen LogP contribution < -0.4 is 5.73 Å². The summed E-state index contributed by atoms with van der Waals surface area (Å²) in [6.07, 6.45) is 3.70. The van der Waals surface area contributed by atoms with Gasteiger partial charge < -0.3 is 15.5 Å². The number of urea groups is 1. The molecule has 0 bridgehead atoms. The predicted molar refractivity (Wildman–Crippen MR) is 64.3 cm³/mol. The minimum absolute atomic E-state index is 0.00167. The van der Waals surface area contributed by atoms with Crippen LogP contribution >= 0.6 is 0 Å². The van der Waals surface area contributed by atoms with E-state index in [-0.39, 0.29) is 18.0 Å². The first-order chi connectivity index (χ1) is 8.09. The molecule has 0 saturated carbocycles. The number of rotatable bonds is 1. The van der Waals surface area contributed by atoms with Crippen molar-refractivity contribution in [2.75, 3.05) is 19.6 Å². The van der Waals surface area contributed by atoms with Gasteiger partial charge in [0.2, 0.25) is 5.91 Å². The quantitative estimate of drug-likeness (QED) is 0.735. The van der Waals surface area contributed by atoms with Gasteiger partial charge in [0.15, 0.2) is 0 Å². The molecule has 17 heavy (non-hydrogen) atoms. The maximum absolute atomic E-state index is 12.3. The molecule has 5 heteroatoms. The van der Waals surface area contributed by atoms with Gasteiger partial charge in [0, 0.05) is 19.6 Å². The maximum atomic E-state index is 12.3. The molecule has 5 nitrogen and oxygen atoms in total. The van der Waals surface area contributed by atoms with E-state index >= 15 is 0 Å². The van der Waals surface area contributed by atoms with Crippen molar-refractivity contribution in [3.05, 3.63) is 0 Å². The van der Waals surface area contributed by atoms with Crippen LogP contribution in [0.2, 0.25) is 0 Å². The first-order valence-electron chi connectivity index (χ1n) is 6.44. The number of hydrogen-bond acceptors (Lipinski definition) is 2. The van der Waals surface area contributed by atoms with Crippen molar-refractivity contribution in [1.29, 1.82) is 0 Å². The molecule has 0 aromatic heterocycles. The second-order valence-electron chi connectivity index (χ2n) is 5.21. The van der Waals surface area contributed by atoms with Gasteiger partial charge in [-0.3, -0.25) is 4.79 Å². The summed E-state index contributed by atoms with van der Waals surface area (Å²) in [4.78, 5) is 27.0. The number of piperidine rings is 1. The second-order valence-corrected chi connectivity index (χ2v) is 5.21. The summed E-state index contributed by atoms with van der Waals surface area (Å²) in [7, 11) is 0. The van der Waals surface area contributed by atoms with Crippen molar-refractivity contribution in [1.82, 2.24) is 9.80 Å². The van der Waals surface area contributed by atoms with Gasteiger partial charge in [-0.15, -0.1) is 0 Å². The third-order valence-electron chi connectivity index (χ3n) is 3.88. The van der Waals surface area contributed by atoms with Crippen molar-refractivity contribution < 1.29 is 9.59 Å². The Balaban J connectivity index is 1.97. The van der Waals surface area contributed by atoms with Gasteiger partial charge in [-0.05, 0) is 31.6 Å². The molecule has 2 heterocycles. The van der Waals surface area contributed by atoms with Crippen LogP contribution in [0.1, 0.15) is 32.6 Å². The minimum Gasteiger partial charge on any atom is -0.368 e. The van der Waals surface area contributed by atoms with Gasteiger partial charge in [-0.25, -0.2) is 4.79 Å². The van der Waals surface area contributed by atoms with Crippen molar-refractivity contribution in [3.63, 3.8) is 0 Å². The Morgan fingerprint density at radius 2 is 1.76 bits per heavy atom. The molecule has 2 saturated heterocycles. The molecule has 2 fully saturated rings. The van der Waals surface area contributed by atoms with E-state index in [9.17, 15) is 9.59 Å². The van der Waals surface area contributed by atoms with E-state index in [1.165, 1.54) is 0 Å². The highest BCUT2D eigenvalue weighted by atomic mass is 16.2. The zero-order valence-corrected chi connectivity index (χ0v) is 10.4. The van der Waals surface area contributed by atoms with Crippen LogP contribution in [-0.2, 0) is 4.79 Å². The lowest BCUT2D eigenvalue weighted by Gasteiger charge is -2.34. The van der Waals surface area contributed by atoms with Crippen LogP contribution in [0.15, 0.2) is 0 Å². The molecule has 0 aromatic rings. The molecule has 1 atom stereocenters. The van der Waals surface area contributed by atoms with E-state index in [1.807, 2.05) is 4.90 Å². The Hall–Kier alpha value is -1.26. The van der Waals surface area contributed by atoms with Gasteiger partial charge in [0.25, 0.3) is 0 Å². The fraction of sp³-hybridized carbons (Fsp3) is 0.833. The van der Waals surface area contributed by atoms with Crippen LogP contribution in [0.3, 0.4) is 0 Å². The maximum Gasteiger partial charge on any atom is 0.320 e. The molecule has 2 N–H and O–H groups in total. The lowest BCUT2D eigenvalue weighted by Crippen LogP contribution is -2.51. The molecule has 0 unspecified atom stereocenters. The number of primary amides is 1. The summed E-state index contributed by atoms with van der Waals surface area (Å²) in [5, 5.41) is 0. The molecule has 0 spiro atoms. The van der Waals surface area contributed by atoms with Crippen molar-refractivity contribution in [2.24, 2.45) is 11.7 Å². The van der Waals surface area contributed by atoms with E-state index in [1.54, 1.807) is 4.90 Å². The lowest BCUT2D eigenvalue weighted by atomic mass is 9.99. The van der Waals surface area contributed by atoms with Crippen molar-refractivity contribution >= 4 is 11.9 Å². The van der Waals surface area contributed by atoms with Gasteiger partial charge in [0.1, 0.15) is 6.04 Å². The standard InChI is InChI=1S/C12H21N3O2/c1-9-4-7-14(8-5-9)12(17)15-6-2-3-10(15)11(13)16/h9-10H,2-8H2,1H3,(H2,13,16)/t10-/m0/s1. The van der Waals surface area contributed by atoms with Crippen LogP contribution in [0, 0.1) is 5.92 Å². The fourth-order valence-corrected chi connectivity index (χ4v) is 2.67. The third-order valence-corrected chi connectivity index (χ3v) is 3.88. The first-order valence-corrected chi connectivity index (χ1v) is 6.44. The van der Waals surface area contributed by atoms with E-state index in [0.717, 1.165) is 32.4 Å². The van der Waals surface area contributed by atoms with Crippen molar-refractivity contribution in [2.45, 2.75) is 38.6 Å². The smallest absolute Gasteiger partial charge is 0.320 e. The molecule has 2 rings (SSSR count). The molecule has 2 aliphatic rings. The molecular weight excluding hydrogens is 218 g/mol. The summed E-state index contributed by atoms with van der Waals surface area (Å²) >= 11 is 0. The van der Waals surface area contributed by atoms with Crippen LogP contribution in [0.5, 0.6) is 0 Å². The molecule has 0 aromatic carbocycles. The highest BCUT2D eigenvalue weighted by molar-refractivity contribution is 5.86. The lowest BCUT2D eigenvalue weighted by molar-refractivity contribution is -0.121. The molecule has 0 radical (unpaired) electrons. The zero-order valence-electron chi connectivity index (χ0n) is 10.4. The topological polar surface area (TPSA) is 66.6 Å². The van der Waals surface area contributed by atoms with E-state index in [2.05, 4.69) is 6.92 Å². The number of hydrogen-bond donors (Lipinski definition) is 1. The number of nitrogens with two attached hydrogens (primary N) is 1. The van der Waals surface area contributed by atoms with Crippen molar-refractivity contribution in [3.8, 4) is 0 Å². The number of carbonyl (C=O) groups is 2. The Labute approximate surface area is 102 Å². The Morgan fingerprint density at radius 1 is 1.12 bits per heavy atom. The normalized spacial score (nSPS) is 26.3. The predicted octanol–water partition coefficient (Wildman–Crippen LogP) is 0.788. The SMILES string of the molecule is CC1CCN(C(=O)N2CCC[C@H]2C(N)=O)CC1. The number of likely N-dealkylation sites (tertiary alicyclic amines) is 2. The minimum atomic E-state index is -0.387. The average Bonchev–Trinajstić information content (AvgIpc) is 2.78. The van der Waals surface area contributed by atoms with Gasteiger partial charge in [-0.2, -0.15) is 0 Å². The third kappa shape index (κ3) is 2.53. The van der Waals surface area contributed by atoms with Gasteiger partial charge >= 0.3 is 6.03 Å². The van der Waals surface area contributed by atoms with E-state index in [4.69, 9.17) is 5.73 Å². The second kappa shape index (κ2) is 4.94. The molecule has 0 aliphatic carbocycles. The molecule has 96 valence electrons. The van der Waals surface area contributed by atoms with Gasteiger partial charge in [-0.1, -0.05) is 6.92 Å². The number of nitrogens with zero attached hydrogens (tertiary/aromatic N) is 2. The zero-order chi connectivity index (χ0) is 12.4. The summed E-state index contributed by atoms with van der Waals surface area (Å²) in [6, 6.07) is -0.389. The highest BCUT2D eigenvalue weighted by Crippen LogP contribution is 2.22. The summed E-state index contributed by atoms with van der Waals surface area (Å²) < 4.78 is 0. The Bertz CT molecular complexity index is 311. The monoisotopic (exact) mass is 239 g/mol. The largest absolute Gasteiger partial charge is 0.368 e. The number of amides is 3. The summed E-state index contributed by atoms with van der Waals surface area (Å²) in [5.41, 5.74) is 5.33. The van der Waals surface area contributed by atoms with Crippen LogP contribution in [0.4, 0.5) is 4.79 Å². The van der Waals surface area contributed by atoms with Gasteiger partial charge in [0.05, 0.1) is 0 Å².